The number of rotatable bonds is 4. The van der Waals surface area contributed by atoms with Crippen molar-refractivity contribution in [1.29, 1.82) is 0 Å². The number of nitrogen functional groups attached to an aromatic ring is 1. The molecule has 4 N–H and O–H groups in total. The van der Waals surface area contributed by atoms with Gasteiger partial charge in [-0.25, -0.2) is 10.8 Å². The first-order valence-corrected chi connectivity index (χ1v) is 5.89. The van der Waals surface area contributed by atoms with Gasteiger partial charge in [0, 0.05) is 17.4 Å². The average molecular weight is 243 g/mol. The fraction of sp³-hybridized carbons (Fsp3) is 0.231. The first kappa shape index (κ1) is 12.3. The zero-order valence-electron chi connectivity index (χ0n) is 10.6. The Kier molecular flexibility index (Phi) is 3.74. The van der Waals surface area contributed by atoms with Gasteiger partial charge in [-0.1, -0.05) is 19.1 Å². The molecule has 5 nitrogen and oxygen atoms in total. The molecular weight excluding hydrogens is 226 g/mol. The summed E-state index contributed by atoms with van der Waals surface area (Å²) in [6.45, 7) is 4.03. The molecule has 18 heavy (non-hydrogen) atoms. The van der Waals surface area contributed by atoms with Gasteiger partial charge in [0.05, 0.1) is 0 Å². The molecule has 5 heteroatoms. The molecule has 1 aromatic carbocycles. The van der Waals surface area contributed by atoms with Crippen molar-refractivity contribution < 1.29 is 0 Å². The Balaban J connectivity index is 2.24. The van der Waals surface area contributed by atoms with E-state index in [0.717, 1.165) is 23.6 Å². The fourth-order valence-corrected chi connectivity index (χ4v) is 1.71. The highest BCUT2D eigenvalue weighted by molar-refractivity contribution is 5.58. The quantitative estimate of drug-likeness (QED) is 0.568. The van der Waals surface area contributed by atoms with Crippen molar-refractivity contribution in [3.63, 3.8) is 0 Å². The highest BCUT2D eigenvalue weighted by Crippen LogP contribution is 2.17. The molecule has 0 saturated carbocycles. The molecule has 0 amide bonds. The number of hydrogen-bond donors (Lipinski definition) is 3. The predicted octanol–water partition coefficient (Wildman–Crippen LogP) is 2.38. The van der Waals surface area contributed by atoms with Gasteiger partial charge in [0.15, 0.2) is 0 Å². The lowest BCUT2D eigenvalue weighted by Crippen LogP contribution is -2.11. The molecule has 0 fully saturated rings. The van der Waals surface area contributed by atoms with Crippen LogP contribution in [-0.4, -0.2) is 9.97 Å². The summed E-state index contributed by atoms with van der Waals surface area (Å²) in [4.78, 5) is 8.38. The Morgan fingerprint density at radius 1 is 1.22 bits per heavy atom. The van der Waals surface area contributed by atoms with Crippen molar-refractivity contribution in [2.24, 2.45) is 5.84 Å². The standard InChI is InChI=1S/C13H17N5/c1-3-10-5-4-6-11(8-10)16-12-7-9(2)15-13(17-12)18-14/h4-8H,3,14H2,1-2H3,(H2,15,16,17,18). The summed E-state index contributed by atoms with van der Waals surface area (Å²) in [5, 5.41) is 3.25. The zero-order chi connectivity index (χ0) is 13.0. The van der Waals surface area contributed by atoms with E-state index >= 15 is 0 Å². The fourth-order valence-electron chi connectivity index (χ4n) is 1.71. The summed E-state index contributed by atoms with van der Waals surface area (Å²) in [5.41, 5.74) is 5.60. The highest BCUT2D eigenvalue weighted by Gasteiger charge is 2.01. The first-order chi connectivity index (χ1) is 8.71. The van der Waals surface area contributed by atoms with E-state index in [1.165, 1.54) is 5.56 Å². The van der Waals surface area contributed by atoms with E-state index in [0.29, 0.717) is 5.95 Å². The maximum Gasteiger partial charge on any atom is 0.239 e. The Hall–Kier alpha value is -2.14. The van der Waals surface area contributed by atoms with Crippen LogP contribution in [0.15, 0.2) is 30.3 Å². The van der Waals surface area contributed by atoms with Crippen LogP contribution in [0.1, 0.15) is 18.2 Å². The van der Waals surface area contributed by atoms with Gasteiger partial charge < -0.3 is 5.32 Å². The van der Waals surface area contributed by atoms with E-state index < -0.39 is 0 Å². The minimum atomic E-state index is 0.407. The van der Waals surface area contributed by atoms with Crippen LogP contribution in [-0.2, 0) is 6.42 Å². The number of hydrazine groups is 1. The van der Waals surface area contributed by atoms with Crippen molar-refractivity contribution >= 4 is 17.5 Å². The Morgan fingerprint density at radius 2 is 2.06 bits per heavy atom. The highest BCUT2D eigenvalue weighted by atomic mass is 15.3. The number of nitrogens with one attached hydrogen (secondary N) is 2. The van der Waals surface area contributed by atoms with E-state index in [1.54, 1.807) is 0 Å². The lowest BCUT2D eigenvalue weighted by atomic mass is 10.1. The SMILES string of the molecule is CCc1cccc(Nc2cc(C)nc(NN)n2)c1. The molecule has 0 radical (unpaired) electrons. The number of anilines is 3. The van der Waals surface area contributed by atoms with E-state index in [-0.39, 0.29) is 0 Å². The van der Waals surface area contributed by atoms with E-state index in [2.05, 4.69) is 39.8 Å². The van der Waals surface area contributed by atoms with Crippen molar-refractivity contribution in [1.82, 2.24) is 9.97 Å². The summed E-state index contributed by atoms with van der Waals surface area (Å²) in [5.74, 6) is 6.46. The van der Waals surface area contributed by atoms with Crippen LogP contribution < -0.4 is 16.6 Å². The third-order valence-corrected chi connectivity index (χ3v) is 2.59. The van der Waals surface area contributed by atoms with Crippen LogP contribution in [0.3, 0.4) is 0 Å². The van der Waals surface area contributed by atoms with Crippen LogP contribution in [0.2, 0.25) is 0 Å². The van der Waals surface area contributed by atoms with Crippen molar-refractivity contribution in [2.75, 3.05) is 10.7 Å². The molecule has 0 aliphatic rings. The third-order valence-electron chi connectivity index (χ3n) is 2.59. The number of nitrogens with zero attached hydrogens (tertiary/aromatic N) is 2. The van der Waals surface area contributed by atoms with Gasteiger partial charge in [-0.05, 0) is 31.0 Å². The smallest absolute Gasteiger partial charge is 0.239 e. The molecule has 1 heterocycles. The van der Waals surface area contributed by atoms with Crippen LogP contribution in [0.4, 0.5) is 17.5 Å². The molecule has 2 rings (SSSR count). The summed E-state index contributed by atoms with van der Waals surface area (Å²) in [6.07, 6.45) is 1.01. The molecule has 0 aliphatic heterocycles. The first-order valence-electron chi connectivity index (χ1n) is 5.89. The summed E-state index contributed by atoms with van der Waals surface area (Å²) < 4.78 is 0. The second kappa shape index (κ2) is 5.46. The average Bonchev–Trinajstić information content (AvgIpc) is 2.38. The molecule has 94 valence electrons. The van der Waals surface area contributed by atoms with Crippen LogP contribution >= 0.6 is 0 Å². The molecule has 0 unspecified atom stereocenters. The predicted molar refractivity (Wildman–Crippen MR) is 73.7 cm³/mol. The van der Waals surface area contributed by atoms with Gasteiger partial charge in [0.25, 0.3) is 0 Å². The Labute approximate surface area is 106 Å². The zero-order valence-corrected chi connectivity index (χ0v) is 10.6. The van der Waals surface area contributed by atoms with Crippen molar-refractivity contribution in [2.45, 2.75) is 20.3 Å². The largest absolute Gasteiger partial charge is 0.340 e. The van der Waals surface area contributed by atoms with E-state index in [4.69, 9.17) is 5.84 Å². The Bertz CT molecular complexity index is 539. The number of aryl methyl sites for hydroxylation is 2. The normalized spacial score (nSPS) is 10.2. The monoisotopic (exact) mass is 243 g/mol. The summed E-state index contributed by atoms with van der Waals surface area (Å²) in [7, 11) is 0. The van der Waals surface area contributed by atoms with Gasteiger partial charge >= 0.3 is 0 Å². The van der Waals surface area contributed by atoms with Crippen molar-refractivity contribution in [3.05, 3.63) is 41.6 Å². The second-order valence-electron chi connectivity index (χ2n) is 4.04. The minimum absolute atomic E-state index is 0.407. The lowest BCUT2D eigenvalue weighted by molar-refractivity contribution is 1.07. The molecule has 0 atom stereocenters. The second-order valence-corrected chi connectivity index (χ2v) is 4.04. The summed E-state index contributed by atoms with van der Waals surface area (Å²) in [6, 6.07) is 10.1. The van der Waals surface area contributed by atoms with Gasteiger partial charge in [0.1, 0.15) is 5.82 Å². The van der Waals surface area contributed by atoms with Crippen molar-refractivity contribution in [3.8, 4) is 0 Å². The third kappa shape index (κ3) is 2.95. The van der Waals surface area contributed by atoms with Gasteiger partial charge in [0.2, 0.25) is 5.95 Å². The molecule has 0 spiro atoms. The maximum atomic E-state index is 5.32. The maximum absolute atomic E-state index is 5.32. The van der Waals surface area contributed by atoms with E-state index in [1.807, 2.05) is 25.1 Å². The van der Waals surface area contributed by atoms with Crippen LogP contribution in [0, 0.1) is 6.92 Å². The number of hydrogen-bond acceptors (Lipinski definition) is 5. The van der Waals surface area contributed by atoms with Crippen LogP contribution in [0.25, 0.3) is 0 Å². The van der Waals surface area contributed by atoms with E-state index in [9.17, 15) is 0 Å². The molecule has 1 aromatic heterocycles. The topological polar surface area (TPSA) is 75.9 Å². The molecule has 0 aliphatic carbocycles. The number of aromatic nitrogens is 2. The van der Waals surface area contributed by atoms with Gasteiger partial charge in [-0.3, -0.25) is 5.43 Å². The minimum Gasteiger partial charge on any atom is -0.340 e. The number of benzene rings is 1. The molecular formula is C13H17N5. The van der Waals surface area contributed by atoms with Crippen LogP contribution in [0.5, 0.6) is 0 Å². The molecule has 2 aromatic rings. The lowest BCUT2D eigenvalue weighted by Gasteiger charge is -2.09. The number of nitrogens with two attached hydrogens (primary N) is 1. The molecule has 0 saturated heterocycles. The van der Waals surface area contributed by atoms with Gasteiger partial charge in [-0.2, -0.15) is 4.98 Å². The Morgan fingerprint density at radius 3 is 2.78 bits per heavy atom. The summed E-state index contributed by atoms with van der Waals surface area (Å²) >= 11 is 0. The molecule has 0 bridgehead atoms. The van der Waals surface area contributed by atoms with Gasteiger partial charge in [-0.15, -0.1) is 0 Å².